The second kappa shape index (κ2) is 3.40. The SMILES string of the molecule is Cn1cn[nH]c1=S.[Na]. The van der Waals surface area contributed by atoms with Crippen LogP contribution in [0.1, 0.15) is 0 Å². The molecule has 8 heavy (non-hydrogen) atoms. The van der Waals surface area contributed by atoms with E-state index >= 15 is 0 Å². The monoisotopic (exact) mass is 138 g/mol. The Morgan fingerprint density at radius 2 is 2.50 bits per heavy atom. The fraction of sp³-hybridized carbons (Fsp3) is 0.333. The molecule has 1 aromatic rings. The van der Waals surface area contributed by atoms with E-state index in [0.717, 1.165) is 0 Å². The number of aromatic nitrogens is 3. The van der Waals surface area contributed by atoms with Gasteiger partial charge in [-0.05, 0) is 12.2 Å². The quantitative estimate of drug-likeness (QED) is 0.407. The summed E-state index contributed by atoms with van der Waals surface area (Å²) in [6.45, 7) is 0. The normalized spacial score (nSPS) is 8.12. The first-order chi connectivity index (χ1) is 3.30. The third-order valence-electron chi connectivity index (χ3n) is 0.711. The zero-order valence-corrected chi connectivity index (χ0v) is 7.70. The first-order valence-corrected chi connectivity index (χ1v) is 2.27. The van der Waals surface area contributed by atoms with Gasteiger partial charge < -0.3 is 4.57 Å². The first-order valence-electron chi connectivity index (χ1n) is 1.86. The van der Waals surface area contributed by atoms with E-state index in [1.54, 1.807) is 10.9 Å². The van der Waals surface area contributed by atoms with E-state index in [0.29, 0.717) is 4.77 Å². The summed E-state index contributed by atoms with van der Waals surface area (Å²) >= 11 is 4.73. The Morgan fingerprint density at radius 3 is 2.62 bits per heavy atom. The van der Waals surface area contributed by atoms with Gasteiger partial charge in [-0.15, -0.1) is 0 Å². The van der Waals surface area contributed by atoms with E-state index in [9.17, 15) is 0 Å². The molecule has 3 nitrogen and oxygen atoms in total. The molecule has 1 heterocycles. The van der Waals surface area contributed by atoms with E-state index in [1.165, 1.54) is 0 Å². The van der Waals surface area contributed by atoms with Gasteiger partial charge in [0.1, 0.15) is 6.33 Å². The number of rotatable bonds is 0. The van der Waals surface area contributed by atoms with Crippen molar-refractivity contribution >= 4 is 41.8 Å². The largest absolute Gasteiger partial charge is 0.310 e. The molecule has 0 bridgehead atoms. The summed E-state index contributed by atoms with van der Waals surface area (Å²) in [4.78, 5) is 0. The van der Waals surface area contributed by atoms with Gasteiger partial charge in [0.15, 0.2) is 4.77 Å². The van der Waals surface area contributed by atoms with Crippen molar-refractivity contribution in [1.82, 2.24) is 14.8 Å². The van der Waals surface area contributed by atoms with Gasteiger partial charge in [-0.2, -0.15) is 5.10 Å². The molecule has 5 heteroatoms. The molecule has 0 unspecified atom stereocenters. The molecule has 0 fully saturated rings. The summed E-state index contributed by atoms with van der Waals surface area (Å²) < 4.78 is 2.38. The van der Waals surface area contributed by atoms with Crippen LogP contribution in [0.4, 0.5) is 0 Å². The molecule has 1 radical (unpaired) electrons. The molecule has 1 rings (SSSR count). The summed E-state index contributed by atoms with van der Waals surface area (Å²) in [6, 6.07) is 0. The Kier molecular flexibility index (Phi) is 3.55. The number of hydrogen-bond acceptors (Lipinski definition) is 2. The van der Waals surface area contributed by atoms with Crippen molar-refractivity contribution in [3.8, 4) is 0 Å². The standard InChI is InChI=1S/C3H5N3S.Na/c1-6-2-4-5-3(6)7;/h2H,1H3,(H,5,7);. The molecule has 0 saturated carbocycles. The molecule has 0 aliphatic heterocycles. The summed E-state index contributed by atoms with van der Waals surface area (Å²) in [7, 11) is 1.84. The Morgan fingerprint density at radius 1 is 1.88 bits per heavy atom. The van der Waals surface area contributed by atoms with Gasteiger partial charge in [0.2, 0.25) is 0 Å². The maximum atomic E-state index is 4.73. The number of hydrogen-bond donors (Lipinski definition) is 1. The van der Waals surface area contributed by atoms with Crippen LogP contribution in [0.25, 0.3) is 0 Å². The smallest absolute Gasteiger partial charge is 0.194 e. The second-order valence-electron chi connectivity index (χ2n) is 1.27. The summed E-state index contributed by atoms with van der Waals surface area (Å²) in [6.07, 6.45) is 1.63. The van der Waals surface area contributed by atoms with Crippen LogP contribution in [0.15, 0.2) is 6.33 Å². The Hall–Kier alpha value is 0.360. The molecule has 0 aliphatic carbocycles. The number of nitrogens with one attached hydrogen (secondary N) is 1. The Bertz CT molecular complexity index is 202. The molecule has 39 valence electrons. The molecule has 1 N–H and O–H groups in total. The average molecular weight is 138 g/mol. The van der Waals surface area contributed by atoms with Crippen LogP contribution in [0.3, 0.4) is 0 Å². The van der Waals surface area contributed by atoms with Crippen LogP contribution in [-0.4, -0.2) is 44.3 Å². The summed E-state index contributed by atoms with van der Waals surface area (Å²) in [5.74, 6) is 0. The summed E-state index contributed by atoms with van der Waals surface area (Å²) in [5, 5.41) is 6.25. The third-order valence-corrected chi connectivity index (χ3v) is 1.09. The Balaban J connectivity index is 0.000000490. The van der Waals surface area contributed by atoms with Gasteiger partial charge in [-0.25, -0.2) is 0 Å². The third kappa shape index (κ3) is 1.70. The van der Waals surface area contributed by atoms with Gasteiger partial charge >= 0.3 is 0 Å². The van der Waals surface area contributed by atoms with Crippen molar-refractivity contribution < 1.29 is 0 Å². The molecule has 1 aromatic heterocycles. The second-order valence-corrected chi connectivity index (χ2v) is 1.66. The molecule has 0 amide bonds. The van der Waals surface area contributed by atoms with Gasteiger partial charge in [-0.1, -0.05) is 0 Å². The molecule has 0 aliphatic rings. The van der Waals surface area contributed by atoms with E-state index in [4.69, 9.17) is 12.2 Å². The van der Waals surface area contributed by atoms with Gasteiger partial charge in [0.25, 0.3) is 0 Å². The molecular weight excluding hydrogens is 133 g/mol. The van der Waals surface area contributed by atoms with Crippen molar-refractivity contribution in [3.63, 3.8) is 0 Å². The van der Waals surface area contributed by atoms with Crippen LogP contribution < -0.4 is 0 Å². The minimum absolute atomic E-state index is 0. The van der Waals surface area contributed by atoms with E-state index in [-0.39, 0.29) is 29.6 Å². The van der Waals surface area contributed by atoms with Crippen LogP contribution in [-0.2, 0) is 7.05 Å². The van der Waals surface area contributed by atoms with Crippen LogP contribution >= 0.6 is 12.2 Å². The van der Waals surface area contributed by atoms with E-state index in [2.05, 4.69) is 10.2 Å². The van der Waals surface area contributed by atoms with Gasteiger partial charge in [0, 0.05) is 36.6 Å². The first kappa shape index (κ1) is 8.36. The number of H-pyrrole nitrogens is 1. The molecule has 0 spiro atoms. The van der Waals surface area contributed by atoms with Gasteiger partial charge in [-0.3, -0.25) is 5.10 Å². The maximum Gasteiger partial charge on any atom is 0.194 e. The van der Waals surface area contributed by atoms with Crippen molar-refractivity contribution in [3.05, 3.63) is 11.1 Å². The minimum Gasteiger partial charge on any atom is -0.310 e. The predicted molar refractivity (Wildman–Crippen MR) is 34.1 cm³/mol. The fourth-order valence-corrected chi connectivity index (χ4v) is 0.402. The number of nitrogens with zero attached hydrogens (tertiary/aromatic N) is 2. The Labute approximate surface area is 74.4 Å². The average Bonchev–Trinajstić information content (AvgIpc) is 1.91. The maximum absolute atomic E-state index is 4.73. The number of aryl methyl sites for hydroxylation is 1. The van der Waals surface area contributed by atoms with E-state index in [1.807, 2.05) is 7.05 Å². The molecule has 0 atom stereocenters. The predicted octanol–water partition coefficient (Wildman–Crippen LogP) is 0.0969. The molecular formula is C3H5N3NaS. The van der Waals surface area contributed by atoms with Crippen molar-refractivity contribution in [2.75, 3.05) is 0 Å². The fourth-order valence-electron chi connectivity index (χ4n) is 0.302. The van der Waals surface area contributed by atoms with Crippen LogP contribution in [0.2, 0.25) is 0 Å². The van der Waals surface area contributed by atoms with Crippen molar-refractivity contribution in [1.29, 1.82) is 0 Å². The molecule has 0 aromatic carbocycles. The number of aromatic amines is 1. The van der Waals surface area contributed by atoms with Gasteiger partial charge in [0.05, 0.1) is 0 Å². The molecule has 0 saturated heterocycles. The van der Waals surface area contributed by atoms with Crippen molar-refractivity contribution in [2.45, 2.75) is 0 Å². The topological polar surface area (TPSA) is 33.6 Å². The zero-order valence-electron chi connectivity index (χ0n) is 4.88. The van der Waals surface area contributed by atoms with Crippen LogP contribution in [0, 0.1) is 4.77 Å². The van der Waals surface area contributed by atoms with E-state index < -0.39 is 0 Å². The summed E-state index contributed by atoms with van der Waals surface area (Å²) in [5.41, 5.74) is 0. The zero-order chi connectivity index (χ0) is 5.28. The minimum atomic E-state index is 0. The van der Waals surface area contributed by atoms with Crippen molar-refractivity contribution in [2.24, 2.45) is 7.05 Å². The van der Waals surface area contributed by atoms with Crippen LogP contribution in [0.5, 0.6) is 0 Å².